The number of benzene rings is 1. The van der Waals surface area contributed by atoms with Crippen LogP contribution >= 0.6 is 0 Å². The standard InChI is InChI=1S/C27H36N4O3.2C2H2O4/c1-20-16-25(21(2)31(20)24-7-6-22-4-3-5-23(22)17-24)26(32)18-28-8-10-29(11-9-28)19-27(33)30-12-14-34-15-13-30;2*3-1(4)2(5)6/h6-7,16-17H,3-5,8-15,18-19H2,1-2H3;2*(H,3,4)(H,5,6). The third-order valence-electron chi connectivity index (χ3n) is 7.99. The number of morpholine rings is 1. The quantitative estimate of drug-likeness (QED) is 0.251. The van der Waals surface area contributed by atoms with E-state index in [4.69, 9.17) is 44.3 Å². The van der Waals surface area contributed by atoms with Gasteiger partial charge in [0.05, 0.1) is 26.3 Å². The molecule has 1 aromatic heterocycles. The lowest BCUT2D eigenvalue weighted by Gasteiger charge is -2.35. The van der Waals surface area contributed by atoms with Crippen molar-refractivity contribution in [3.63, 3.8) is 0 Å². The Morgan fingerprint density at radius 1 is 0.696 bits per heavy atom. The first-order valence-corrected chi connectivity index (χ1v) is 14.9. The molecule has 250 valence electrons. The second-order valence-corrected chi connectivity index (χ2v) is 11.1. The van der Waals surface area contributed by atoms with E-state index in [0.717, 1.165) is 55.2 Å². The number of carbonyl (C=O) groups excluding carboxylic acids is 2. The fraction of sp³-hybridized carbons (Fsp3) is 0.484. The third-order valence-corrected chi connectivity index (χ3v) is 7.99. The molecule has 1 aliphatic carbocycles. The molecule has 2 aliphatic heterocycles. The molecule has 0 saturated carbocycles. The van der Waals surface area contributed by atoms with Gasteiger partial charge in [-0.1, -0.05) is 6.07 Å². The largest absolute Gasteiger partial charge is 0.473 e. The highest BCUT2D eigenvalue weighted by molar-refractivity contribution is 6.27. The normalized spacial score (nSPS) is 16.3. The van der Waals surface area contributed by atoms with Gasteiger partial charge in [-0.3, -0.25) is 19.4 Å². The highest BCUT2D eigenvalue weighted by Crippen LogP contribution is 2.27. The number of aliphatic carboxylic acids is 4. The van der Waals surface area contributed by atoms with Gasteiger partial charge in [0, 0.05) is 61.9 Å². The number of carboxylic acid groups (broad SMARTS) is 4. The van der Waals surface area contributed by atoms with Gasteiger partial charge >= 0.3 is 23.9 Å². The lowest BCUT2D eigenvalue weighted by atomic mass is 10.1. The van der Waals surface area contributed by atoms with E-state index in [1.165, 1.54) is 24.0 Å². The summed E-state index contributed by atoms with van der Waals surface area (Å²) in [6, 6.07) is 8.79. The zero-order valence-electron chi connectivity index (χ0n) is 25.9. The predicted octanol–water partition coefficient (Wildman–Crippen LogP) is 0.553. The van der Waals surface area contributed by atoms with Gasteiger partial charge in [0.2, 0.25) is 5.91 Å². The lowest BCUT2D eigenvalue weighted by Crippen LogP contribution is -2.52. The first-order chi connectivity index (χ1) is 21.8. The maximum Gasteiger partial charge on any atom is 0.414 e. The summed E-state index contributed by atoms with van der Waals surface area (Å²) in [6.45, 7) is 10.9. The van der Waals surface area contributed by atoms with Crippen molar-refractivity contribution in [3.05, 3.63) is 52.3 Å². The van der Waals surface area contributed by atoms with Crippen LogP contribution in [0, 0.1) is 13.8 Å². The van der Waals surface area contributed by atoms with Gasteiger partial charge in [0.1, 0.15) is 0 Å². The Balaban J connectivity index is 0.000000410. The molecule has 2 aromatic rings. The number of fused-ring (bicyclic) bond motifs is 1. The van der Waals surface area contributed by atoms with Crippen LogP contribution in [0.2, 0.25) is 0 Å². The highest BCUT2D eigenvalue weighted by atomic mass is 16.5. The Morgan fingerprint density at radius 3 is 1.76 bits per heavy atom. The van der Waals surface area contributed by atoms with Crippen LogP contribution in [-0.2, 0) is 41.6 Å². The maximum atomic E-state index is 13.2. The molecule has 0 radical (unpaired) electrons. The molecule has 0 bridgehead atoms. The van der Waals surface area contributed by atoms with Crippen LogP contribution in [0.15, 0.2) is 24.3 Å². The molecule has 15 nitrogen and oxygen atoms in total. The van der Waals surface area contributed by atoms with Crippen molar-refractivity contribution >= 4 is 35.6 Å². The van der Waals surface area contributed by atoms with Crippen molar-refractivity contribution in [1.29, 1.82) is 0 Å². The van der Waals surface area contributed by atoms with Crippen LogP contribution in [0.4, 0.5) is 0 Å². The van der Waals surface area contributed by atoms with E-state index in [2.05, 4.69) is 46.4 Å². The highest BCUT2D eigenvalue weighted by Gasteiger charge is 2.25. The van der Waals surface area contributed by atoms with Gasteiger partial charge in [0.15, 0.2) is 5.78 Å². The first kappa shape index (κ1) is 35.9. The van der Waals surface area contributed by atoms with E-state index in [9.17, 15) is 9.59 Å². The van der Waals surface area contributed by atoms with E-state index in [1.807, 2.05) is 11.0 Å². The van der Waals surface area contributed by atoms with Crippen molar-refractivity contribution < 1.29 is 53.9 Å². The number of ketones is 1. The van der Waals surface area contributed by atoms with Crippen molar-refractivity contribution in [3.8, 4) is 5.69 Å². The van der Waals surface area contributed by atoms with Crippen LogP contribution < -0.4 is 0 Å². The van der Waals surface area contributed by atoms with E-state index >= 15 is 0 Å². The van der Waals surface area contributed by atoms with Crippen molar-refractivity contribution in [2.45, 2.75) is 33.1 Å². The van der Waals surface area contributed by atoms with E-state index in [-0.39, 0.29) is 11.7 Å². The van der Waals surface area contributed by atoms with Gasteiger partial charge < -0.3 is 34.6 Å². The van der Waals surface area contributed by atoms with Gasteiger partial charge in [0.25, 0.3) is 0 Å². The zero-order valence-corrected chi connectivity index (χ0v) is 25.9. The Bertz CT molecular complexity index is 1410. The summed E-state index contributed by atoms with van der Waals surface area (Å²) >= 11 is 0. The maximum absolute atomic E-state index is 13.2. The molecular weight excluding hydrogens is 604 g/mol. The van der Waals surface area contributed by atoms with Crippen molar-refractivity contribution in [2.75, 3.05) is 65.6 Å². The fourth-order valence-electron chi connectivity index (χ4n) is 5.64. The number of amides is 1. The van der Waals surface area contributed by atoms with Crippen LogP contribution in [0.5, 0.6) is 0 Å². The summed E-state index contributed by atoms with van der Waals surface area (Å²) in [6.07, 6.45) is 3.57. The number of hydrogen-bond acceptors (Lipinski definition) is 9. The number of nitrogens with zero attached hydrogens (tertiary/aromatic N) is 4. The number of rotatable bonds is 6. The van der Waals surface area contributed by atoms with Crippen molar-refractivity contribution in [2.24, 2.45) is 0 Å². The van der Waals surface area contributed by atoms with E-state index in [1.54, 1.807) is 0 Å². The number of aryl methyl sites for hydroxylation is 3. The molecule has 15 heteroatoms. The van der Waals surface area contributed by atoms with E-state index < -0.39 is 23.9 Å². The molecule has 4 N–H and O–H groups in total. The summed E-state index contributed by atoms with van der Waals surface area (Å²) in [7, 11) is 0. The number of piperazine rings is 1. The molecule has 0 spiro atoms. The molecule has 2 fully saturated rings. The molecule has 2 saturated heterocycles. The predicted molar refractivity (Wildman–Crippen MR) is 162 cm³/mol. The molecular formula is C31H40N4O11. The zero-order chi connectivity index (χ0) is 34.0. The molecule has 46 heavy (non-hydrogen) atoms. The summed E-state index contributed by atoms with van der Waals surface area (Å²) < 4.78 is 7.56. The second-order valence-electron chi connectivity index (χ2n) is 11.1. The summed E-state index contributed by atoms with van der Waals surface area (Å²) in [5.74, 6) is -6.93. The Hall–Kier alpha value is -4.60. The minimum atomic E-state index is -1.82. The molecule has 1 aromatic carbocycles. The minimum absolute atomic E-state index is 0.179. The fourth-order valence-corrected chi connectivity index (χ4v) is 5.64. The van der Waals surface area contributed by atoms with Gasteiger partial charge in [-0.15, -0.1) is 0 Å². The molecule has 0 atom stereocenters. The number of hydrogen-bond donors (Lipinski definition) is 4. The molecule has 3 heterocycles. The van der Waals surface area contributed by atoms with Gasteiger partial charge in [-0.05, 0) is 62.4 Å². The summed E-state index contributed by atoms with van der Waals surface area (Å²) in [5.41, 5.74) is 7.02. The van der Waals surface area contributed by atoms with Crippen LogP contribution in [0.25, 0.3) is 5.69 Å². The van der Waals surface area contributed by atoms with Gasteiger partial charge in [-0.25, -0.2) is 19.2 Å². The monoisotopic (exact) mass is 644 g/mol. The molecule has 1 amide bonds. The topological polar surface area (TPSA) is 207 Å². The lowest BCUT2D eigenvalue weighted by molar-refractivity contribution is -0.159. The van der Waals surface area contributed by atoms with E-state index in [0.29, 0.717) is 39.4 Å². The molecule has 3 aliphatic rings. The molecule has 0 unspecified atom stereocenters. The Morgan fingerprint density at radius 2 is 1.22 bits per heavy atom. The third kappa shape index (κ3) is 9.95. The summed E-state index contributed by atoms with van der Waals surface area (Å²) in [5, 5.41) is 29.6. The van der Waals surface area contributed by atoms with Crippen LogP contribution in [0.1, 0.15) is 39.3 Å². The minimum Gasteiger partial charge on any atom is -0.473 e. The van der Waals surface area contributed by atoms with Crippen LogP contribution in [0.3, 0.4) is 0 Å². The van der Waals surface area contributed by atoms with Gasteiger partial charge in [-0.2, -0.15) is 0 Å². The summed E-state index contributed by atoms with van der Waals surface area (Å²) in [4.78, 5) is 68.5. The average molecular weight is 645 g/mol. The Kier molecular flexibility index (Phi) is 13.0. The number of aromatic nitrogens is 1. The first-order valence-electron chi connectivity index (χ1n) is 14.9. The smallest absolute Gasteiger partial charge is 0.414 e. The number of ether oxygens (including phenoxy) is 1. The molecule has 5 rings (SSSR count). The number of Topliss-reactive ketones (excluding diaryl/α,β-unsaturated/α-hetero) is 1. The number of carbonyl (C=O) groups is 6. The average Bonchev–Trinajstić information content (AvgIpc) is 3.61. The Labute approximate surface area is 265 Å². The number of carboxylic acids is 4. The van der Waals surface area contributed by atoms with Crippen LogP contribution in [-0.4, -0.2) is 141 Å². The SMILES string of the molecule is Cc1cc(C(=O)CN2CCN(CC(=O)N3CCOCC3)CC2)c(C)n1-c1ccc2c(c1)CCC2.O=C(O)C(=O)O.O=C(O)C(=O)O. The second kappa shape index (κ2) is 16.6. The van der Waals surface area contributed by atoms with Crippen molar-refractivity contribution in [1.82, 2.24) is 19.3 Å².